The average Bonchev–Trinajstić information content (AvgIpc) is 3.18. The van der Waals surface area contributed by atoms with Gasteiger partial charge in [-0.15, -0.1) is 0 Å². The molecule has 0 spiro atoms. The zero-order chi connectivity index (χ0) is 34.5. The summed E-state index contributed by atoms with van der Waals surface area (Å²) in [6.45, 7) is 26.7. The van der Waals surface area contributed by atoms with E-state index in [4.69, 9.17) is 14.2 Å². The highest BCUT2D eigenvalue weighted by atomic mass is 16.6. The molecular formula is C39H70N2O5. The fourth-order valence-corrected chi connectivity index (χ4v) is 11.5. The van der Waals surface area contributed by atoms with Gasteiger partial charge in [0.05, 0.1) is 17.2 Å². The number of rotatable bonds is 5. The van der Waals surface area contributed by atoms with Crippen LogP contribution in [0.2, 0.25) is 0 Å². The number of fused-ring (bicyclic) bond motifs is 1. The Balaban J connectivity index is 1.80. The first kappa shape index (κ1) is 37.6. The Morgan fingerprint density at radius 1 is 0.848 bits per heavy atom. The van der Waals surface area contributed by atoms with Crippen LogP contribution in [-0.4, -0.2) is 84.9 Å². The van der Waals surface area contributed by atoms with Gasteiger partial charge in [0.2, 0.25) is 0 Å². The second-order valence-electron chi connectivity index (χ2n) is 17.4. The number of ketones is 1. The Kier molecular flexibility index (Phi) is 11.4. The van der Waals surface area contributed by atoms with E-state index in [2.05, 4.69) is 88.1 Å². The number of likely N-dealkylation sites (N-methyl/N-ethyl adjacent to an activating group) is 1. The SMILES string of the molecule is CC[C@H]1CC(=O)C(C)[C@@H](C[C@@H]2CC(C)[C@H](C)[C@](C)(OC)C2)[C@H](C)[C@@H](C)C(C)(OC)C[C@@H](C)C2C(C)C3N(CCN2C)C(=O)OC31C. The molecule has 7 heteroatoms. The van der Waals surface area contributed by atoms with E-state index in [1.165, 1.54) is 6.42 Å². The van der Waals surface area contributed by atoms with Crippen molar-refractivity contribution in [2.45, 2.75) is 144 Å². The minimum atomic E-state index is -0.720. The van der Waals surface area contributed by atoms with Crippen LogP contribution in [0.15, 0.2) is 0 Å². The quantitative estimate of drug-likeness (QED) is 0.302. The molecule has 0 aromatic carbocycles. The molecule has 2 heterocycles. The largest absolute Gasteiger partial charge is 0.441 e. The molecule has 2 saturated heterocycles. The molecule has 4 aliphatic rings. The Hall–Kier alpha value is -1.18. The van der Waals surface area contributed by atoms with Gasteiger partial charge in [0, 0.05) is 51.6 Å². The van der Waals surface area contributed by atoms with E-state index in [-0.39, 0.29) is 64.9 Å². The molecule has 2 saturated carbocycles. The lowest BCUT2D eigenvalue weighted by Crippen LogP contribution is -2.56. The zero-order valence-electron chi connectivity index (χ0n) is 32.0. The average molecular weight is 647 g/mol. The second-order valence-corrected chi connectivity index (χ2v) is 17.4. The van der Waals surface area contributed by atoms with Crippen molar-refractivity contribution in [2.24, 2.45) is 59.2 Å². The molecular weight excluding hydrogens is 576 g/mol. The lowest BCUT2D eigenvalue weighted by molar-refractivity contribution is -0.134. The summed E-state index contributed by atoms with van der Waals surface area (Å²) in [5.74, 6) is 3.02. The van der Waals surface area contributed by atoms with Crippen LogP contribution in [0.5, 0.6) is 0 Å². The van der Waals surface area contributed by atoms with Gasteiger partial charge in [-0.25, -0.2) is 4.79 Å². The topological polar surface area (TPSA) is 68.3 Å². The first-order valence-corrected chi connectivity index (χ1v) is 18.7. The summed E-state index contributed by atoms with van der Waals surface area (Å²) in [6, 6.07) is 0.177. The molecule has 4 fully saturated rings. The third-order valence-corrected chi connectivity index (χ3v) is 15.1. The number of methoxy groups -OCH3 is 2. The van der Waals surface area contributed by atoms with Gasteiger partial charge in [-0.2, -0.15) is 0 Å². The van der Waals surface area contributed by atoms with E-state index in [0.29, 0.717) is 42.4 Å². The number of amides is 1. The smallest absolute Gasteiger partial charge is 0.410 e. The van der Waals surface area contributed by atoms with Crippen LogP contribution in [0.4, 0.5) is 4.79 Å². The number of carbonyl (C=O) groups excluding carboxylic acids is 2. The number of ether oxygens (including phenoxy) is 3. The molecule has 7 nitrogen and oxygen atoms in total. The van der Waals surface area contributed by atoms with E-state index in [1.807, 2.05) is 19.1 Å². The maximum Gasteiger partial charge on any atom is 0.410 e. The zero-order valence-corrected chi connectivity index (χ0v) is 32.0. The normalized spacial score (nSPS) is 49.7. The number of carbonyl (C=O) groups is 2. The second kappa shape index (κ2) is 14.0. The first-order valence-electron chi connectivity index (χ1n) is 18.7. The van der Waals surface area contributed by atoms with Crippen molar-refractivity contribution in [1.29, 1.82) is 0 Å². The fourth-order valence-electron chi connectivity index (χ4n) is 11.5. The van der Waals surface area contributed by atoms with Crippen molar-refractivity contribution < 1.29 is 23.8 Å². The van der Waals surface area contributed by atoms with Crippen LogP contribution >= 0.6 is 0 Å². The molecule has 2 bridgehead atoms. The summed E-state index contributed by atoms with van der Waals surface area (Å²) in [4.78, 5) is 32.6. The van der Waals surface area contributed by atoms with Gasteiger partial charge in [0.1, 0.15) is 11.4 Å². The number of Topliss-reactive ketones (excluding diaryl/α,β-unsaturated/α-hetero) is 1. The maximum atomic E-state index is 14.6. The number of hydrogen-bond donors (Lipinski definition) is 0. The molecule has 15 atom stereocenters. The van der Waals surface area contributed by atoms with Crippen LogP contribution in [0, 0.1) is 59.2 Å². The summed E-state index contributed by atoms with van der Waals surface area (Å²) in [6.07, 6.45) is 5.17. The van der Waals surface area contributed by atoms with E-state index in [0.717, 1.165) is 32.2 Å². The standard InChI is InChI=1S/C39H70N2O5/c1-15-31-20-33(42)26(5)32(19-30-18-23(2)28(7)38(10,22-30)45-14)25(4)29(8)37(9,44-13)21-24(3)34-27(6)35-39(31,11)46-36(43)41(35)17-16-40(34)12/h23-32,34-35H,15-22H2,1-14H3/t23?,24-,25-,26?,27?,28+,29-,30+,31+,32+,34?,35?,37?,38-,39?/m1/s1. The van der Waals surface area contributed by atoms with Gasteiger partial charge in [-0.05, 0) is 107 Å². The summed E-state index contributed by atoms with van der Waals surface area (Å²) >= 11 is 0. The Bertz CT molecular complexity index is 1080. The lowest BCUT2D eigenvalue weighted by Gasteiger charge is -2.50. The fraction of sp³-hybridized carbons (Fsp3) is 0.949. The van der Waals surface area contributed by atoms with Crippen LogP contribution in [-0.2, 0) is 19.0 Å². The highest BCUT2D eigenvalue weighted by Gasteiger charge is 2.60. The number of hydrogen-bond acceptors (Lipinski definition) is 6. The monoisotopic (exact) mass is 647 g/mol. The van der Waals surface area contributed by atoms with Crippen LogP contribution in [0.3, 0.4) is 0 Å². The van der Waals surface area contributed by atoms with Crippen LogP contribution in [0.1, 0.15) is 115 Å². The number of nitrogens with zero attached hydrogens (tertiary/aromatic N) is 2. The van der Waals surface area contributed by atoms with E-state index in [9.17, 15) is 9.59 Å². The van der Waals surface area contributed by atoms with Gasteiger partial charge in [0.15, 0.2) is 0 Å². The molecule has 0 N–H and O–H groups in total. The molecule has 266 valence electrons. The Labute approximate surface area is 282 Å². The van der Waals surface area contributed by atoms with E-state index < -0.39 is 5.60 Å². The highest BCUT2D eigenvalue weighted by Crippen LogP contribution is 2.51. The summed E-state index contributed by atoms with van der Waals surface area (Å²) in [5.41, 5.74) is -1.23. The molecule has 2 aliphatic carbocycles. The van der Waals surface area contributed by atoms with E-state index in [1.54, 1.807) is 0 Å². The minimum Gasteiger partial charge on any atom is -0.441 e. The molecule has 46 heavy (non-hydrogen) atoms. The van der Waals surface area contributed by atoms with Gasteiger partial charge < -0.3 is 19.1 Å². The van der Waals surface area contributed by atoms with Crippen molar-refractivity contribution in [3.05, 3.63) is 0 Å². The van der Waals surface area contributed by atoms with Crippen molar-refractivity contribution in [1.82, 2.24) is 9.80 Å². The third kappa shape index (κ3) is 6.56. The molecule has 0 aromatic heterocycles. The summed E-state index contributed by atoms with van der Waals surface area (Å²) in [7, 11) is 5.97. The molecule has 0 aromatic rings. The molecule has 4 rings (SSSR count). The highest BCUT2D eigenvalue weighted by molar-refractivity contribution is 5.81. The van der Waals surface area contributed by atoms with Crippen LogP contribution < -0.4 is 0 Å². The molecule has 1 amide bonds. The van der Waals surface area contributed by atoms with Crippen molar-refractivity contribution in [3.8, 4) is 0 Å². The Morgan fingerprint density at radius 3 is 2.04 bits per heavy atom. The lowest BCUT2D eigenvalue weighted by atomic mass is 9.60. The van der Waals surface area contributed by atoms with Gasteiger partial charge in [0.25, 0.3) is 0 Å². The predicted molar refractivity (Wildman–Crippen MR) is 186 cm³/mol. The first-order chi connectivity index (χ1) is 21.4. The minimum absolute atomic E-state index is 0.0314. The Morgan fingerprint density at radius 2 is 1.46 bits per heavy atom. The molecule has 7 unspecified atom stereocenters. The van der Waals surface area contributed by atoms with Crippen LogP contribution in [0.25, 0.3) is 0 Å². The maximum absolute atomic E-state index is 14.6. The van der Waals surface area contributed by atoms with Crippen molar-refractivity contribution in [3.63, 3.8) is 0 Å². The molecule has 2 aliphatic heterocycles. The van der Waals surface area contributed by atoms with Gasteiger partial charge in [-0.1, -0.05) is 55.4 Å². The summed E-state index contributed by atoms with van der Waals surface area (Å²) in [5, 5.41) is 0. The van der Waals surface area contributed by atoms with Gasteiger partial charge in [-0.3, -0.25) is 9.69 Å². The predicted octanol–water partition coefficient (Wildman–Crippen LogP) is 7.95. The molecule has 0 radical (unpaired) electrons. The third-order valence-electron chi connectivity index (χ3n) is 15.1. The van der Waals surface area contributed by atoms with E-state index >= 15 is 0 Å². The van der Waals surface area contributed by atoms with Crippen molar-refractivity contribution >= 4 is 11.9 Å². The summed E-state index contributed by atoms with van der Waals surface area (Å²) < 4.78 is 19.1. The van der Waals surface area contributed by atoms with Gasteiger partial charge >= 0.3 is 6.09 Å². The van der Waals surface area contributed by atoms with Crippen molar-refractivity contribution in [2.75, 3.05) is 34.4 Å².